The molecule has 0 saturated heterocycles. The Kier molecular flexibility index (Phi) is 6.60. The predicted octanol–water partition coefficient (Wildman–Crippen LogP) is 1.71. The van der Waals surface area contributed by atoms with Gasteiger partial charge in [-0.15, -0.1) is 0 Å². The molecule has 0 bridgehead atoms. The van der Waals surface area contributed by atoms with Gasteiger partial charge in [-0.1, -0.05) is 0 Å². The molecule has 0 radical (unpaired) electrons. The Morgan fingerprint density at radius 1 is 1.21 bits per heavy atom. The van der Waals surface area contributed by atoms with E-state index in [4.69, 9.17) is 9.84 Å². The van der Waals surface area contributed by atoms with Crippen LogP contribution in [0.2, 0.25) is 0 Å². The molecule has 0 unspecified atom stereocenters. The van der Waals surface area contributed by atoms with Crippen LogP contribution in [0.15, 0.2) is 18.2 Å². The van der Waals surface area contributed by atoms with Crippen molar-refractivity contribution >= 4 is 23.5 Å². The van der Waals surface area contributed by atoms with E-state index in [1.54, 1.807) is 6.07 Å². The van der Waals surface area contributed by atoms with E-state index in [0.29, 0.717) is 45.3 Å². The van der Waals surface area contributed by atoms with Gasteiger partial charge in [0, 0.05) is 31.5 Å². The summed E-state index contributed by atoms with van der Waals surface area (Å²) in [5.41, 5.74) is 1.89. The van der Waals surface area contributed by atoms with Crippen molar-refractivity contribution in [1.82, 2.24) is 5.32 Å². The molecule has 0 aliphatic carbocycles. The summed E-state index contributed by atoms with van der Waals surface area (Å²) in [6.45, 7) is 0.802. The standard InChI is InChI=1S/C17H22N2O5/c20-15(18-9-1-4-17(22)23)3-2-10-24-13-6-7-14-12(11-13)5-8-16(21)19-14/h6-7,11H,1-5,8-10H2,(H,18,20)(H,19,21)(H,22,23). The lowest BCUT2D eigenvalue weighted by atomic mass is 10.0. The van der Waals surface area contributed by atoms with Gasteiger partial charge in [-0.25, -0.2) is 0 Å². The second-order valence-electron chi connectivity index (χ2n) is 5.67. The van der Waals surface area contributed by atoms with Crippen molar-refractivity contribution < 1.29 is 24.2 Å². The molecule has 130 valence electrons. The Bertz CT molecular complexity index is 615. The highest BCUT2D eigenvalue weighted by Gasteiger charge is 2.15. The summed E-state index contributed by atoms with van der Waals surface area (Å²) < 4.78 is 5.64. The van der Waals surface area contributed by atoms with Crippen LogP contribution in [0.1, 0.15) is 37.7 Å². The summed E-state index contributed by atoms with van der Waals surface area (Å²) in [7, 11) is 0. The van der Waals surface area contributed by atoms with Crippen LogP contribution in [0, 0.1) is 0 Å². The van der Waals surface area contributed by atoms with Crippen LogP contribution >= 0.6 is 0 Å². The summed E-state index contributed by atoms with van der Waals surface area (Å²) in [6, 6.07) is 5.55. The molecule has 0 fully saturated rings. The SMILES string of the molecule is O=C(O)CCCNC(=O)CCCOc1ccc2c(c1)CCC(=O)N2. The number of fused-ring (bicyclic) bond motifs is 1. The molecule has 2 amide bonds. The number of carbonyl (C=O) groups excluding carboxylic acids is 2. The average molecular weight is 334 g/mol. The molecular formula is C17H22N2O5. The highest BCUT2D eigenvalue weighted by atomic mass is 16.5. The Morgan fingerprint density at radius 3 is 2.83 bits per heavy atom. The normalized spacial score (nSPS) is 12.9. The molecule has 1 aliphatic heterocycles. The van der Waals surface area contributed by atoms with Gasteiger partial charge >= 0.3 is 5.97 Å². The van der Waals surface area contributed by atoms with E-state index in [9.17, 15) is 14.4 Å². The summed E-state index contributed by atoms with van der Waals surface area (Å²) in [6.07, 6.45) is 2.60. The third-order valence-electron chi connectivity index (χ3n) is 3.68. The maximum absolute atomic E-state index is 11.6. The van der Waals surface area contributed by atoms with Crippen molar-refractivity contribution in [3.8, 4) is 5.75 Å². The Hall–Kier alpha value is -2.57. The molecule has 1 heterocycles. The third kappa shape index (κ3) is 5.91. The topological polar surface area (TPSA) is 105 Å². The number of carbonyl (C=O) groups is 3. The van der Waals surface area contributed by atoms with Gasteiger partial charge in [0.25, 0.3) is 0 Å². The van der Waals surface area contributed by atoms with Gasteiger partial charge in [0.1, 0.15) is 5.75 Å². The van der Waals surface area contributed by atoms with Crippen LogP contribution in [0.25, 0.3) is 0 Å². The molecule has 0 saturated carbocycles. The number of rotatable bonds is 9. The van der Waals surface area contributed by atoms with Crippen molar-refractivity contribution in [2.24, 2.45) is 0 Å². The molecule has 24 heavy (non-hydrogen) atoms. The quantitative estimate of drug-likeness (QED) is 0.596. The Balaban J connectivity index is 1.63. The highest BCUT2D eigenvalue weighted by molar-refractivity contribution is 5.94. The van der Waals surface area contributed by atoms with Crippen molar-refractivity contribution in [3.05, 3.63) is 23.8 Å². The minimum atomic E-state index is -0.859. The summed E-state index contributed by atoms with van der Waals surface area (Å²) in [5.74, 6) is -0.197. The molecule has 1 aromatic rings. The fourth-order valence-electron chi connectivity index (χ4n) is 2.43. The largest absolute Gasteiger partial charge is 0.494 e. The van der Waals surface area contributed by atoms with Crippen LogP contribution in [0.4, 0.5) is 5.69 Å². The van der Waals surface area contributed by atoms with E-state index in [0.717, 1.165) is 17.0 Å². The maximum Gasteiger partial charge on any atom is 0.303 e. The number of anilines is 1. The number of benzene rings is 1. The van der Waals surface area contributed by atoms with Gasteiger partial charge < -0.3 is 20.5 Å². The van der Waals surface area contributed by atoms with Crippen molar-refractivity contribution in [1.29, 1.82) is 0 Å². The molecule has 2 rings (SSSR count). The maximum atomic E-state index is 11.6. The lowest BCUT2D eigenvalue weighted by molar-refractivity contribution is -0.137. The predicted molar refractivity (Wildman–Crippen MR) is 88.0 cm³/mol. The fourth-order valence-corrected chi connectivity index (χ4v) is 2.43. The van der Waals surface area contributed by atoms with Crippen LogP contribution in [0.3, 0.4) is 0 Å². The van der Waals surface area contributed by atoms with Gasteiger partial charge in [-0.2, -0.15) is 0 Å². The Labute approximate surface area is 140 Å². The molecule has 0 aromatic heterocycles. The van der Waals surface area contributed by atoms with Crippen molar-refractivity contribution in [2.45, 2.75) is 38.5 Å². The third-order valence-corrected chi connectivity index (χ3v) is 3.68. The second kappa shape index (κ2) is 8.90. The lowest BCUT2D eigenvalue weighted by Gasteiger charge is -2.17. The highest BCUT2D eigenvalue weighted by Crippen LogP contribution is 2.26. The monoisotopic (exact) mass is 334 g/mol. The number of amides is 2. The molecule has 0 spiro atoms. The van der Waals surface area contributed by atoms with E-state index in [1.165, 1.54) is 0 Å². The van der Waals surface area contributed by atoms with Gasteiger partial charge in [0.05, 0.1) is 6.61 Å². The lowest BCUT2D eigenvalue weighted by Crippen LogP contribution is -2.25. The number of carboxylic acid groups (broad SMARTS) is 1. The molecule has 3 N–H and O–H groups in total. The van der Waals surface area contributed by atoms with E-state index < -0.39 is 5.97 Å². The number of nitrogens with one attached hydrogen (secondary N) is 2. The number of hydrogen-bond acceptors (Lipinski definition) is 4. The first-order chi connectivity index (χ1) is 11.5. The number of aryl methyl sites for hydroxylation is 1. The van der Waals surface area contributed by atoms with Gasteiger partial charge in [0.2, 0.25) is 11.8 Å². The first-order valence-electron chi connectivity index (χ1n) is 8.08. The molecule has 7 heteroatoms. The zero-order chi connectivity index (χ0) is 17.4. The summed E-state index contributed by atoms with van der Waals surface area (Å²) in [5, 5.41) is 14.0. The van der Waals surface area contributed by atoms with E-state index in [1.807, 2.05) is 12.1 Å². The minimum Gasteiger partial charge on any atom is -0.494 e. The molecular weight excluding hydrogens is 312 g/mol. The second-order valence-corrected chi connectivity index (χ2v) is 5.67. The van der Waals surface area contributed by atoms with Crippen molar-refractivity contribution in [2.75, 3.05) is 18.5 Å². The van der Waals surface area contributed by atoms with E-state index in [-0.39, 0.29) is 18.2 Å². The Morgan fingerprint density at radius 2 is 2.04 bits per heavy atom. The van der Waals surface area contributed by atoms with Gasteiger partial charge in [-0.05, 0) is 43.0 Å². The van der Waals surface area contributed by atoms with Crippen LogP contribution < -0.4 is 15.4 Å². The van der Waals surface area contributed by atoms with E-state index >= 15 is 0 Å². The van der Waals surface area contributed by atoms with E-state index in [2.05, 4.69) is 10.6 Å². The number of ether oxygens (including phenoxy) is 1. The van der Waals surface area contributed by atoms with Crippen molar-refractivity contribution in [3.63, 3.8) is 0 Å². The summed E-state index contributed by atoms with van der Waals surface area (Å²) in [4.78, 5) is 33.2. The van der Waals surface area contributed by atoms with Crippen LogP contribution in [-0.2, 0) is 20.8 Å². The zero-order valence-electron chi connectivity index (χ0n) is 13.5. The zero-order valence-corrected chi connectivity index (χ0v) is 13.5. The van der Waals surface area contributed by atoms with Crippen LogP contribution in [0.5, 0.6) is 5.75 Å². The first-order valence-corrected chi connectivity index (χ1v) is 8.08. The molecule has 0 atom stereocenters. The minimum absolute atomic E-state index is 0.0329. The molecule has 1 aliphatic rings. The van der Waals surface area contributed by atoms with Gasteiger partial charge in [-0.3, -0.25) is 14.4 Å². The number of hydrogen-bond donors (Lipinski definition) is 3. The fraction of sp³-hybridized carbons (Fsp3) is 0.471. The smallest absolute Gasteiger partial charge is 0.303 e. The van der Waals surface area contributed by atoms with Gasteiger partial charge in [0.15, 0.2) is 0 Å². The number of aliphatic carboxylic acids is 1. The first kappa shape index (κ1) is 17.8. The molecule has 7 nitrogen and oxygen atoms in total. The number of carboxylic acids is 1. The van der Waals surface area contributed by atoms with Crippen LogP contribution in [-0.4, -0.2) is 36.0 Å². The molecule has 1 aromatic carbocycles. The average Bonchev–Trinajstić information content (AvgIpc) is 2.55. The summed E-state index contributed by atoms with van der Waals surface area (Å²) >= 11 is 0.